The van der Waals surface area contributed by atoms with Crippen LogP contribution >= 0.6 is 0 Å². The van der Waals surface area contributed by atoms with Gasteiger partial charge in [0.25, 0.3) is 0 Å². The molecule has 0 aliphatic carbocycles. The zero-order chi connectivity index (χ0) is 15.1. The number of methoxy groups -OCH3 is 1. The average molecular weight is 291 g/mol. The van der Waals surface area contributed by atoms with Crippen LogP contribution in [-0.2, 0) is 4.74 Å². The van der Waals surface area contributed by atoms with Crippen LogP contribution in [0, 0.1) is 5.92 Å². The fourth-order valence-electron chi connectivity index (χ4n) is 2.82. The standard InChI is InChI=1S/C16H25N3O2/c1-3-9-19(12-13-5-4-7-17-11-13)14-6-8-18-15(10-14)16(20)21-2/h6,8,10,13,17H,3-5,7,9,11-12H2,1-2H3. The number of hydrogen-bond donors (Lipinski definition) is 1. The zero-order valence-electron chi connectivity index (χ0n) is 13.0. The number of nitrogens with zero attached hydrogens (tertiary/aromatic N) is 2. The summed E-state index contributed by atoms with van der Waals surface area (Å²) < 4.78 is 4.75. The highest BCUT2D eigenvalue weighted by Crippen LogP contribution is 2.20. The molecule has 1 unspecified atom stereocenters. The number of esters is 1. The predicted molar refractivity (Wildman–Crippen MR) is 83.7 cm³/mol. The van der Waals surface area contributed by atoms with Gasteiger partial charge in [-0.05, 0) is 50.4 Å². The quantitative estimate of drug-likeness (QED) is 0.813. The lowest BCUT2D eigenvalue weighted by molar-refractivity contribution is 0.0594. The van der Waals surface area contributed by atoms with Gasteiger partial charge in [-0.25, -0.2) is 9.78 Å². The molecular weight excluding hydrogens is 266 g/mol. The van der Waals surface area contributed by atoms with Crippen LogP contribution in [0.2, 0.25) is 0 Å². The Hall–Kier alpha value is -1.62. The molecule has 0 saturated carbocycles. The van der Waals surface area contributed by atoms with E-state index in [2.05, 4.69) is 22.1 Å². The molecule has 1 saturated heterocycles. The van der Waals surface area contributed by atoms with Crippen LogP contribution in [0.5, 0.6) is 0 Å². The van der Waals surface area contributed by atoms with E-state index in [4.69, 9.17) is 4.74 Å². The van der Waals surface area contributed by atoms with Crippen molar-refractivity contribution in [3.8, 4) is 0 Å². The molecular formula is C16H25N3O2. The number of hydrogen-bond acceptors (Lipinski definition) is 5. The van der Waals surface area contributed by atoms with E-state index in [9.17, 15) is 4.79 Å². The normalized spacial score (nSPS) is 18.3. The molecule has 1 aliphatic rings. The molecule has 116 valence electrons. The molecule has 1 atom stereocenters. The first-order chi connectivity index (χ1) is 10.2. The van der Waals surface area contributed by atoms with Gasteiger partial charge in [-0.1, -0.05) is 6.92 Å². The molecule has 1 aromatic heterocycles. The van der Waals surface area contributed by atoms with Gasteiger partial charge >= 0.3 is 5.97 Å². The number of rotatable bonds is 6. The van der Waals surface area contributed by atoms with Gasteiger partial charge < -0.3 is 15.0 Å². The molecule has 5 heteroatoms. The number of aromatic nitrogens is 1. The molecule has 2 rings (SSSR count). The highest BCUT2D eigenvalue weighted by molar-refractivity contribution is 5.88. The molecule has 5 nitrogen and oxygen atoms in total. The van der Waals surface area contributed by atoms with Crippen molar-refractivity contribution in [3.05, 3.63) is 24.0 Å². The van der Waals surface area contributed by atoms with Crippen LogP contribution in [0.1, 0.15) is 36.7 Å². The minimum absolute atomic E-state index is 0.373. The second kappa shape index (κ2) is 7.98. The van der Waals surface area contributed by atoms with Gasteiger partial charge in [0.1, 0.15) is 5.69 Å². The second-order valence-corrected chi connectivity index (χ2v) is 5.55. The predicted octanol–water partition coefficient (Wildman–Crippen LogP) is 2.08. The Morgan fingerprint density at radius 2 is 2.43 bits per heavy atom. The summed E-state index contributed by atoms with van der Waals surface area (Å²) >= 11 is 0. The molecule has 0 aromatic carbocycles. The fraction of sp³-hybridized carbons (Fsp3) is 0.625. The minimum atomic E-state index is -0.382. The van der Waals surface area contributed by atoms with Crippen LogP contribution in [0.15, 0.2) is 18.3 Å². The van der Waals surface area contributed by atoms with Gasteiger partial charge in [0.05, 0.1) is 7.11 Å². The summed E-state index contributed by atoms with van der Waals surface area (Å²) in [5, 5.41) is 3.46. The summed E-state index contributed by atoms with van der Waals surface area (Å²) in [4.78, 5) is 18.1. The van der Waals surface area contributed by atoms with Crippen molar-refractivity contribution in [2.45, 2.75) is 26.2 Å². The number of carbonyl (C=O) groups is 1. The van der Waals surface area contributed by atoms with Gasteiger partial charge in [-0.15, -0.1) is 0 Å². The second-order valence-electron chi connectivity index (χ2n) is 5.55. The Balaban J connectivity index is 2.10. The van der Waals surface area contributed by atoms with E-state index in [-0.39, 0.29) is 5.97 Å². The van der Waals surface area contributed by atoms with Crippen LogP contribution < -0.4 is 10.2 Å². The average Bonchev–Trinajstić information content (AvgIpc) is 2.55. The number of pyridine rings is 1. The Morgan fingerprint density at radius 3 is 3.10 bits per heavy atom. The highest BCUT2D eigenvalue weighted by atomic mass is 16.5. The Kier molecular flexibility index (Phi) is 5.99. The van der Waals surface area contributed by atoms with Crippen molar-refractivity contribution in [1.82, 2.24) is 10.3 Å². The molecule has 1 aliphatic heterocycles. The lowest BCUT2D eigenvalue weighted by Gasteiger charge is -2.31. The van der Waals surface area contributed by atoms with E-state index in [0.717, 1.165) is 38.3 Å². The fourth-order valence-corrected chi connectivity index (χ4v) is 2.82. The van der Waals surface area contributed by atoms with Crippen molar-refractivity contribution in [3.63, 3.8) is 0 Å². The van der Waals surface area contributed by atoms with E-state index in [1.807, 2.05) is 12.1 Å². The number of carbonyl (C=O) groups excluding carboxylic acids is 1. The maximum Gasteiger partial charge on any atom is 0.356 e. The van der Waals surface area contributed by atoms with Crippen molar-refractivity contribution in [2.24, 2.45) is 5.92 Å². The number of ether oxygens (including phenoxy) is 1. The van der Waals surface area contributed by atoms with Gasteiger partial charge in [0.2, 0.25) is 0 Å². The van der Waals surface area contributed by atoms with E-state index >= 15 is 0 Å². The first kappa shape index (κ1) is 15.8. The topological polar surface area (TPSA) is 54.5 Å². The van der Waals surface area contributed by atoms with Gasteiger partial charge in [-0.3, -0.25) is 0 Å². The third kappa shape index (κ3) is 4.43. The lowest BCUT2D eigenvalue weighted by atomic mass is 9.98. The SMILES string of the molecule is CCCN(CC1CCCNC1)c1ccnc(C(=O)OC)c1. The molecule has 1 fully saturated rings. The summed E-state index contributed by atoms with van der Waals surface area (Å²) in [6, 6.07) is 3.80. The van der Waals surface area contributed by atoms with Crippen LogP contribution in [-0.4, -0.2) is 44.2 Å². The van der Waals surface area contributed by atoms with E-state index in [1.165, 1.54) is 20.0 Å². The van der Waals surface area contributed by atoms with Crippen molar-refractivity contribution >= 4 is 11.7 Å². The maximum atomic E-state index is 11.6. The maximum absolute atomic E-state index is 11.6. The summed E-state index contributed by atoms with van der Waals surface area (Å²) in [7, 11) is 1.38. The smallest absolute Gasteiger partial charge is 0.356 e. The first-order valence-electron chi connectivity index (χ1n) is 7.74. The Morgan fingerprint density at radius 1 is 1.57 bits per heavy atom. The summed E-state index contributed by atoms with van der Waals surface area (Å²) in [5.41, 5.74) is 1.43. The van der Waals surface area contributed by atoms with Crippen molar-refractivity contribution < 1.29 is 9.53 Å². The van der Waals surface area contributed by atoms with Gasteiger partial charge in [-0.2, -0.15) is 0 Å². The van der Waals surface area contributed by atoms with Crippen LogP contribution in [0.25, 0.3) is 0 Å². The molecule has 0 spiro atoms. The number of nitrogens with one attached hydrogen (secondary N) is 1. The summed E-state index contributed by atoms with van der Waals surface area (Å²) in [6.07, 6.45) is 5.27. The molecule has 2 heterocycles. The Bertz CT molecular complexity index is 459. The minimum Gasteiger partial charge on any atom is -0.464 e. The molecule has 0 radical (unpaired) electrons. The zero-order valence-corrected chi connectivity index (χ0v) is 13.0. The van der Waals surface area contributed by atoms with Gasteiger partial charge in [0.15, 0.2) is 0 Å². The Labute approximate surface area is 126 Å². The lowest BCUT2D eigenvalue weighted by Crippen LogP contribution is -2.38. The molecule has 0 amide bonds. The van der Waals surface area contributed by atoms with Crippen molar-refractivity contribution in [2.75, 3.05) is 38.2 Å². The van der Waals surface area contributed by atoms with Crippen molar-refractivity contribution in [1.29, 1.82) is 0 Å². The third-order valence-corrected chi connectivity index (χ3v) is 3.87. The number of piperidine rings is 1. The largest absolute Gasteiger partial charge is 0.464 e. The third-order valence-electron chi connectivity index (χ3n) is 3.87. The summed E-state index contributed by atoms with van der Waals surface area (Å²) in [5.74, 6) is 0.285. The monoisotopic (exact) mass is 291 g/mol. The first-order valence-corrected chi connectivity index (χ1v) is 7.74. The van der Waals surface area contributed by atoms with E-state index in [0.29, 0.717) is 11.6 Å². The van der Waals surface area contributed by atoms with Crippen LogP contribution in [0.3, 0.4) is 0 Å². The molecule has 1 aromatic rings. The molecule has 21 heavy (non-hydrogen) atoms. The summed E-state index contributed by atoms with van der Waals surface area (Å²) in [6.45, 7) is 6.39. The molecule has 1 N–H and O–H groups in total. The van der Waals surface area contributed by atoms with Crippen LogP contribution in [0.4, 0.5) is 5.69 Å². The van der Waals surface area contributed by atoms with Gasteiger partial charge in [0, 0.05) is 25.0 Å². The number of anilines is 1. The van der Waals surface area contributed by atoms with E-state index < -0.39 is 0 Å². The molecule has 0 bridgehead atoms. The van der Waals surface area contributed by atoms with E-state index in [1.54, 1.807) is 6.20 Å². The highest BCUT2D eigenvalue weighted by Gasteiger charge is 2.18.